The molecule has 21 heavy (non-hydrogen) atoms. The maximum atomic E-state index is 12.8. The fourth-order valence-electron chi connectivity index (χ4n) is 2.47. The number of benzene rings is 2. The number of anilines is 1. The molecule has 1 aliphatic rings. The van der Waals surface area contributed by atoms with Gasteiger partial charge in [-0.1, -0.05) is 18.2 Å². The Kier molecular flexibility index (Phi) is 3.68. The lowest BCUT2D eigenvalue weighted by molar-refractivity contribution is 0.0979. The molecule has 0 bridgehead atoms. The molecular formula is C17H14N2OS. The summed E-state index contributed by atoms with van der Waals surface area (Å²) in [5.74, 6) is 0.827. The minimum Gasteiger partial charge on any atom is -0.304 e. The first-order chi connectivity index (χ1) is 10.2. The van der Waals surface area contributed by atoms with Crippen molar-refractivity contribution in [3.8, 4) is 6.07 Å². The predicted molar refractivity (Wildman–Crippen MR) is 84.6 cm³/mol. The summed E-state index contributed by atoms with van der Waals surface area (Å²) in [7, 11) is 0. The van der Waals surface area contributed by atoms with Gasteiger partial charge in [-0.3, -0.25) is 4.79 Å². The van der Waals surface area contributed by atoms with Crippen LogP contribution in [0.4, 0.5) is 5.69 Å². The van der Waals surface area contributed by atoms with Crippen LogP contribution in [0.1, 0.15) is 22.8 Å². The molecule has 4 heteroatoms. The van der Waals surface area contributed by atoms with E-state index in [0.717, 1.165) is 16.3 Å². The van der Waals surface area contributed by atoms with Gasteiger partial charge in [-0.05, 0) is 37.3 Å². The van der Waals surface area contributed by atoms with E-state index < -0.39 is 0 Å². The van der Waals surface area contributed by atoms with Crippen molar-refractivity contribution in [3.05, 3.63) is 59.7 Å². The zero-order valence-electron chi connectivity index (χ0n) is 11.6. The van der Waals surface area contributed by atoms with Crippen LogP contribution < -0.4 is 4.90 Å². The van der Waals surface area contributed by atoms with Gasteiger partial charge in [0.15, 0.2) is 0 Å². The van der Waals surface area contributed by atoms with Gasteiger partial charge in [0.2, 0.25) is 0 Å². The lowest BCUT2D eigenvalue weighted by Gasteiger charge is -2.34. The van der Waals surface area contributed by atoms with E-state index in [9.17, 15) is 4.79 Å². The van der Waals surface area contributed by atoms with E-state index in [1.54, 1.807) is 36.0 Å². The van der Waals surface area contributed by atoms with Crippen LogP contribution in [0.25, 0.3) is 0 Å². The monoisotopic (exact) mass is 294 g/mol. The number of hydrogen-bond donors (Lipinski definition) is 0. The Hall–Kier alpha value is -2.25. The topological polar surface area (TPSA) is 44.1 Å². The van der Waals surface area contributed by atoms with Crippen molar-refractivity contribution in [2.75, 3.05) is 10.7 Å². The van der Waals surface area contributed by atoms with Gasteiger partial charge in [0.25, 0.3) is 5.91 Å². The fourth-order valence-corrected chi connectivity index (χ4v) is 3.53. The normalized spacial score (nSPS) is 17.0. The number of thioether (sulfide) groups is 1. The second-order valence-corrected chi connectivity index (χ2v) is 6.06. The molecule has 0 aromatic heterocycles. The molecule has 1 amide bonds. The van der Waals surface area contributed by atoms with Crippen LogP contribution in [0.5, 0.6) is 0 Å². The number of fused-ring (bicyclic) bond motifs is 1. The second-order valence-electron chi connectivity index (χ2n) is 5.00. The van der Waals surface area contributed by atoms with E-state index in [2.05, 4.69) is 13.0 Å². The van der Waals surface area contributed by atoms with Crippen molar-refractivity contribution >= 4 is 23.4 Å². The van der Waals surface area contributed by atoms with Gasteiger partial charge < -0.3 is 4.90 Å². The highest BCUT2D eigenvalue weighted by molar-refractivity contribution is 7.99. The van der Waals surface area contributed by atoms with E-state index >= 15 is 0 Å². The molecular weight excluding hydrogens is 280 g/mol. The second kappa shape index (κ2) is 5.63. The summed E-state index contributed by atoms with van der Waals surface area (Å²) in [5, 5.41) is 8.99. The van der Waals surface area contributed by atoms with E-state index in [1.807, 2.05) is 29.2 Å². The van der Waals surface area contributed by atoms with Gasteiger partial charge in [-0.2, -0.15) is 5.26 Å². The van der Waals surface area contributed by atoms with Crippen molar-refractivity contribution in [1.82, 2.24) is 0 Å². The molecule has 1 heterocycles. The Bertz CT molecular complexity index is 736. The summed E-state index contributed by atoms with van der Waals surface area (Å²) in [6, 6.07) is 17.0. The minimum atomic E-state index is -0.0487. The van der Waals surface area contributed by atoms with Gasteiger partial charge >= 0.3 is 0 Å². The molecule has 104 valence electrons. The van der Waals surface area contributed by atoms with Crippen LogP contribution in [0.2, 0.25) is 0 Å². The van der Waals surface area contributed by atoms with Crippen LogP contribution in [-0.2, 0) is 0 Å². The van der Waals surface area contributed by atoms with Crippen molar-refractivity contribution in [2.45, 2.75) is 17.9 Å². The van der Waals surface area contributed by atoms with Crippen molar-refractivity contribution in [1.29, 1.82) is 5.26 Å². The van der Waals surface area contributed by atoms with Crippen LogP contribution in [-0.4, -0.2) is 17.7 Å². The molecule has 3 rings (SSSR count). The number of carbonyl (C=O) groups excluding carboxylic acids is 1. The van der Waals surface area contributed by atoms with Crippen molar-refractivity contribution < 1.29 is 4.79 Å². The Morgan fingerprint density at radius 2 is 2.10 bits per heavy atom. The fraction of sp³-hybridized carbons (Fsp3) is 0.176. The average molecular weight is 294 g/mol. The molecule has 0 fully saturated rings. The number of nitriles is 1. The Morgan fingerprint density at radius 1 is 1.29 bits per heavy atom. The molecule has 1 atom stereocenters. The van der Waals surface area contributed by atoms with Crippen LogP contribution in [0.3, 0.4) is 0 Å². The summed E-state index contributed by atoms with van der Waals surface area (Å²) >= 11 is 1.77. The highest BCUT2D eigenvalue weighted by Crippen LogP contribution is 2.37. The third-order valence-electron chi connectivity index (χ3n) is 3.50. The smallest absolute Gasteiger partial charge is 0.258 e. The highest BCUT2D eigenvalue weighted by atomic mass is 32.2. The van der Waals surface area contributed by atoms with Crippen molar-refractivity contribution in [3.63, 3.8) is 0 Å². The third kappa shape index (κ3) is 2.53. The Morgan fingerprint density at radius 3 is 2.90 bits per heavy atom. The summed E-state index contributed by atoms with van der Waals surface area (Å²) < 4.78 is 0. The van der Waals surface area contributed by atoms with Gasteiger partial charge in [-0.25, -0.2) is 0 Å². The summed E-state index contributed by atoms with van der Waals surface area (Å²) in [4.78, 5) is 15.8. The quantitative estimate of drug-likeness (QED) is 0.805. The molecule has 0 saturated heterocycles. The maximum Gasteiger partial charge on any atom is 0.258 e. The first kappa shape index (κ1) is 13.7. The molecule has 0 aliphatic carbocycles. The van der Waals surface area contributed by atoms with E-state index in [0.29, 0.717) is 11.1 Å². The van der Waals surface area contributed by atoms with Crippen LogP contribution in [0.15, 0.2) is 53.4 Å². The molecule has 1 aliphatic heterocycles. The molecule has 0 radical (unpaired) electrons. The predicted octanol–water partition coefficient (Wildman–Crippen LogP) is 3.70. The lowest BCUT2D eigenvalue weighted by Crippen LogP contribution is -2.42. The Balaban J connectivity index is 2.03. The van der Waals surface area contributed by atoms with E-state index in [4.69, 9.17) is 5.26 Å². The molecule has 2 aromatic carbocycles. The summed E-state index contributed by atoms with van der Waals surface area (Å²) in [5.41, 5.74) is 2.02. The summed E-state index contributed by atoms with van der Waals surface area (Å²) in [6.45, 7) is 2.05. The maximum absolute atomic E-state index is 12.8. The number of rotatable bonds is 1. The molecule has 3 nitrogen and oxygen atoms in total. The van der Waals surface area contributed by atoms with E-state index in [-0.39, 0.29) is 11.9 Å². The van der Waals surface area contributed by atoms with Gasteiger partial charge in [0.05, 0.1) is 17.3 Å². The molecule has 0 spiro atoms. The molecule has 1 unspecified atom stereocenters. The first-order valence-corrected chi connectivity index (χ1v) is 7.75. The van der Waals surface area contributed by atoms with Crippen LogP contribution in [0, 0.1) is 11.3 Å². The Labute approximate surface area is 128 Å². The number of carbonyl (C=O) groups is 1. The van der Waals surface area contributed by atoms with Gasteiger partial charge in [0, 0.05) is 22.3 Å². The summed E-state index contributed by atoms with van der Waals surface area (Å²) in [6.07, 6.45) is 0. The number of para-hydroxylation sites is 1. The number of hydrogen-bond acceptors (Lipinski definition) is 3. The SMILES string of the molecule is CC1CSc2ccccc2N1C(=O)c1cccc(C#N)c1. The lowest BCUT2D eigenvalue weighted by atomic mass is 10.1. The third-order valence-corrected chi connectivity index (χ3v) is 4.81. The van der Waals surface area contributed by atoms with Crippen LogP contribution >= 0.6 is 11.8 Å². The highest BCUT2D eigenvalue weighted by Gasteiger charge is 2.29. The number of amides is 1. The standard InChI is InChI=1S/C17H14N2OS/c1-12-11-21-16-8-3-2-7-15(16)19(12)17(20)14-6-4-5-13(9-14)10-18/h2-9,12H,11H2,1H3. The average Bonchev–Trinajstić information content (AvgIpc) is 2.54. The molecule has 2 aromatic rings. The number of nitrogens with zero attached hydrogens (tertiary/aromatic N) is 2. The van der Waals surface area contributed by atoms with Gasteiger partial charge in [-0.15, -0.1) is 11.8 Å². The van der Waals surface area contributed by atoms with Gasteiger partial charge in [0.1, 0.15) is 0 Å². The largest absolute Gasteiger partial charge is 0.304 e. The zero-order chi connectivity index (χ0) is 14.8. The minimum absolute atomic E-state index is 0.0487. The molecule has 0 N–H and O–H groups in total. The van der Waals surface area contributed by atoms with Crippen molar-refractivity contribution in [2.24, 2.45) is 0 Å². The van der Waals surface area contributed by atoms with E-state index in [1.165, 1.54) is 0 Å². The zero-order valence-corrected chi connectivity index (χ0v) is 12.4. The molecule has 0 saturated carbocycles. The first-order valence-electron chi connectivity index (χ1n) is 6.76.